The lowest BCUT2D eigenvalue weighted by Crippen LogP contribution is -2.51. The van der Waals surface area contributed by atoms with Gasteiger partial charge in [0.2, 0.25) is 5.91 Å². The number of nitrogens with one attached hydrogen (secondary N) is 5. The zero-order chi connectivity index (χ0) is 45.3. The minimum atomic E-state index is -1.12. The van der Waals surface area contributed by atoms with Gasteiger partial charge in [0.1, 0.15) is 17.7 Å². The maximum atomic E-state index is 14.0. The number of rotatable bonds is 15. The van der Waals surface area contributed by atoms with Crippen LogP contribution in [-0.4, -0.2) is 98.7 Å². The van der Waals surface area contributed by atoms with Gasteiger partial charge in [-0.2, -0.15) is 0 Å². The Morgan fingerprint density at radius 2 is 1.23 bits per heavy atom. The topological polar surface area (TPSA) is 230 Å². The quantitative estimate of drug-likeness (QED) is 0.0686. The number of aromatic nitrogens is 4. The number of hydrogen-bond donors (Lipinski definition) is 6. The van der Waals surface area contributed by atoms with Crippen molar-refractivity contribution in [1.29, 1.82) is 0 Å². The van der Waals surface area contributed by atoms with Crippen LogP contribution in [0.4, 0.5) is 14.4 Å². The molecule has 0 saturated carbocycles. The highest BCUT2D eigenvalue weighted by Gasteiger charge is 2.39. The number of carbonyl (C=O) groups is 5. The molecule has 0 spiro atoms. The summed E-state index contributed by atoms with van der Waals surface area (Å²) in [5, 5.41) is 8.16. The third kappa shape index (κ3) is 10.5. The van der Waals surface area contributed by atoms with Gasteiger partial charge in [0.25, 0.3) is 5.91 Å². The van der Waals surface area contributed by atoms with Crippen LogP contribution in [0, 0.1) is 5.92 Å². The molecule has 2 aliphatic rings. The van der Waals surface area contributed by atoms with Crippen molar-refractivity contribution in [3.8, 4) is 33.6 Å². The second-order valence-corrected chi connectivity index (χ2v) is 16.4. The normalized spacial score (nSPS) is 16.9. The average molecular weight is 873 g/mol. The number of carbonyl (C=O) groups excluding carboxylic acids is 5. The number of H-pyrrole nitrogens is 2. The van der Waals surface area contributed by atoms with Crippen LogP contribution in [0.3, 0.4) is 0 Å². The van der Waals surface area contributed by atoms with Gasteiger partial charge in [0, 0.05) is 32.6 Å². The van der Waals surface area contributed by atoms with Gasteiger partial charge in [0.05, 0.1) is 43.0 Å². The van der Waals surface area contributed by atoms with Crippen molar-refractivity contribution in [2.45, 2.75) is 83.6 Å². The van der Waals surface area contributed by atoms with Crippen molar-refractivity contribution in [1.82, 2.24) is 45.7 Å². The molecule has 2 saturated heterocycles. The van der Waals surface area contributed by atoms with Crippen LogP contribution in [-0.2, 0) is 32.0 Å². The molecule has 7 N–H and O–H groups in total. The van der Waals surface area contributed by atoms with Crippen LogP contribution in [0.15, 0.2) is 85.2 Å². The Kier molecular flexibility index (Phi) is 14.3. The highest BCUT2D eigenvalue weighted by Crippen LogP contribution is 2.35. The number of likely N-dealkylation sites (tertiary alicyclic amines) is 2. The first-order valence-corrected chi connectivity index (χ1v) is 21.7. The summed E-state index contributed by atoms with van der Waals surface area (Å²) in [5.41, 5.74) is 12.7. The number of nitrogens with zero attached hydrogens (tertiary/aromatic N) is 4. The Morgan fingerprint density at radius 3 is 1.72 bits per heavy atom. The lowest BCUT2D eigenvalue weighted by Gasteiger charge is -2.30. The van der Waals surface area contributed by atoms with Gasteiger partial charge in [-0.25, -0.2) is 24.4 Å². The fourth-order valence-corrected chi connectivity index (χ4v) is 8.41. The number of imidazole rings is 2. The number of methoxy groups -OCH3 is 1. The number of aromatic amines is 2. The van der Waals surface area contributed by atoms with Gasteiger partial charge in [-0.15, -0.1) is 0 Å². The number of alkyl carbamates (subject to hydrolysis) is 1. The van der Waals surface area contributed by atoms with Gasteiger partial charge < -0.3 is 50.9 Å². The Balaban J connectivity index is 0.974. The number of hydrogen-bond acceptors (Lipinski definition) is 9. The summed E-state index contributed by atoms with van der Waals surface area (Å²) in [6.07, 6.45) is 3.96. The lowest BCUT2D eigenvalue weighted by atomic mass is 10.0. The third-order valence-corrected chi connectivity index (χ3v) is 11.8. The molecule has 2 aromatic heterocycles. The smallest absolute Gasteiger partial charge is 0.407 e. The number of benzene rings is 3. The van der Waals surface area contributed by atoms with Gasteiger partial charge in [-0.1, -0.05) is 86.6 Å². The molecule has 336 valence electrons. The van der Waals surface area contributed by atoms with E-state index < -0.39 is 24.3 Å². The minimum absolute atomic E-state index is 0.118. The molecule has 0 unspecified atom stereocenters. The number of ether oxygens (including phenoxy) is 2. The zero-order valence-corrected chi connectivity index (χ0v) is 36.6. The number of primary amides is 1. The van der Waals surface area contributed by atoms with E-state index in [0.717, 1.165) is 64.0 Å². The maximum absolute atomic E-state index is 14.0. The molecule has 4 atom stereocenters. The summed E-state index contributed by atoms with van der Waals surface area (Å²) >= 11 is 0. The van der Waals surface area contributed by atoms with E-state index in [1.54, 1.807) is 22.2 Å². The molecule has 0 bridgehead atoms. The van der Waals surface area contributed by atoms with Gasteiger partial charge >= 0.3 is 18.2 Å². The molecule has 3 aromatic carbocycles. The highest BCUT2D eigenvalue weighted by molar-refractivity contribution is 5.87. The van der Waals surface area contributed by atoms with E-state index in [1.165, 1.54) is 7.11 Å². The molecule has 17 nitrogen and oxygen atoms in total. The summed E-state index contributed by atoms with van der Waals surface area (Å²) in [6, 6.07) is 22.2. The van der Waals surface area contributed by atoms with E-state index in [4.69, 9.17) is 15.2 Å². The van der Waals surface area contributed by atoms with Crippen molar-refractivity contribution >= 4 is 30.0 Å². The maximum Gasteiger partial charge on any atom is 0.407 e. The molecule has 0 radical (unpaired) electrons. The molecule has 17 heteroatoms. The van der Waals surface area contributed by atoms with E-state index in [2.05, 4.69) is 48.0 Å². The fraction of sp³-hybridized carbons (Fsp3) is 0.383. The molecule has 4 heterocycles. The first-order chi connectivity index (χ1) is 30.9. The highest BCUT2D eigenvalue weighted by atomic mass is 16.6. The van der Waals surface area contributed by atoms with Crippen molar-refractivity contribution in [3.63, 3.8) is 0 Å². The Bertz CT molecular complexity index is 2410. The van der Waals surface area contributed by atoms with Crippen LogP contribution in [0.1, 0.15) is 81.3 Å². The fourth-order valence-electron chi connectivity index (χ4n) is 8.41. The van der Waals surface area contributed by atoms with Crippen LogP contribution < -0.4 is 21.7 Å². The second kappa shape index (κ2) is 20.3. The van der Waals surface area contributed by atoms with Crippen LogP contribution in [0.25, 0.3) is 33.6 Å². The minimum Gasteiger partial charge on any atom is -0.453 e. The van der Waals surface area contributed by atoms with E-state index in [-0.39, 0.29) is 42.3 Å². The van der Waals surface area contributed by atoms with Crippen molar-refractivity contribution in [2.75, 3.05) is 26.7 Å². The SMILES string of the molecule is CCNC(=O)NCc1ccc(C[C@H](OC(N)=O)C(=O)N2CCC[C@H]2c2ncc(-c3ccc(-c4ccc(-c5cnc([C@@H]6CCCN6C(=O)[C@@H](NC(=O)OC)C(C)C)[nH]5)cc4)cc3)[nH]2)cc1. The Morgan fingerprint density at radius 1 is 0.734 bits per heavy atom. The molecular weight excluding hydrogens is 817 g/mol. The van der Waals surface area contributed by atoms with Crippen molar-refractivity contribution in [3.05, 3.63) is 108 Å². The monoisotopic (exact) mass is 872 g/mol. The predicted molar refractivity (Wildman–Crippen MR) is 239 cm³/mol. The Labute approximate surface area is 371 Å². The van der Waals surface area contributed by atoms with Crippen molar-refractivity contribution < 1.29 is 33.4 Å². The summed E-state index contributed by atoms with van der Waals surface area (Å²) in [4.78, 5) is 82.9. The van der Waals surface area contributed by atoms with Gasteiger partial charge in [0.15, 0.2) is 6.10 Å². The summed E-state index contributed by atoms with van der Waals surface area (Å²) < 4.78 is 10.1. The van der Waals surface area contributed by atoms with Crippen LogP contribution in [0.5, 0.6) is 0 Å². The van der Waals surface area contributed by atoms with E-state index >= 15 is 0 Å². The number of amides is 6. The van der Waals surface area contributed by atoms with E-state index in [9.17, 15) is 24.0 Å². The lowest BCUT2D eigenvalue weighted by molar-refractivity contribution is -0.141. The molecular formula is C47H56N10O7. The first kappa shape index (κ1) is 44.9. The van der Waals surface area contributed by atoms with Gasteiger partial charge in [-0.05, 0) is 71.9 Å². The molecule has 2 fully saturated rings. The molecule has 2 aliphatic heterocycles. The molecule has 0 aliphatic carbocycles. The summed E-state index contributed by atoms with van der Waals surface area (Å²) in [6.45, 7) is 7.56. The van der Waals surface area contributed by atoms with E-state index in [1.807, 2.05) is 81.4 Å². The average Bonchev–Trinajstić information content (AvgIpc) is 4.15. The summed E-state index contributed by atoms with van der Waals surface area (Å²) in [7, 11) is 1.28. The number of nitrogens with two attached hydrogens (primary N) is 1. The molecule has 64 heavy (non-hydrogen) atoms. The largest absolute Gasteiger partial charge is 0.453 e. The molecule has 5 aromatic rings. The summed E-state index contributed by atoms with van der Waals surface area (Å²) in [5.74, 6) is 0.739. The van der Waals surface area contributed by atoms with Crippen LogP contribution >= 0.6 is 0 Å². The van der Waals surface area contributed by atoms with Crippen molar-refractivity contribution in [2.24, 2.45) is 11.7 Å². The van der Waals surface area contributed by atoms with Crippen LogP contribution in [0.2, 0.25) is 0 Å². The Hall–Kier alpha value is -7.17. The molecule has 6 amide bonds. The second-order valence-electron chi connectivity index (χ2n) is 16.4. The standard InChI is InChI=1S/C47H56N10O7/c1-5-49-46(61)52-25-30-12-10-29(11-13-30)24-39(64-45(48)60)43(58)56-22-6-8-37(56)41-50-26-35(53-41)33-18-14-31(15-19-33)32-16-20-34(21-17-32)36-27-51-42(54-36)38-9-7-23-57(38)44(59)40(28(2)3)55-47(62)63-4/h10-21,26-28,37-40H,5-9,22-25H2,1-4H3,(H2,48,60)(H,50,53)(H,51,54)(H,55,62)(H2,49,52,61)/t37-,38-,39-,40-/m0/s1. The number of urea groups is 1. The van der Waals surface area contributed by atoms with E-state index in [0.29, 0.717) is 44.2 Å². The zero-order valence-electron chi connectivity index (χ0n) is 36.6. The first-order valence-electron chi connectivity index (χ1n) is 21.7. The predicted octanol–water partition coefficient (Wildman–Crippen LogP) is 6.37. The van der Waals surface area contributed by atoms with Gasteiger partial charge in [-0.3, -0.25) is 9.59 Å². The third-order valence-electron chi connectivity index (χ3n) is 11.8. The molecule has 7 rings (SSSR count).